The molecule has 0 spiro atoms. The van der Waals surface area contributed by atoms with Crippen molar-refractivity contribution in [2.24, 2.45) is 0 Å². The van der Waals surface area contributed by atoms with Crippen LogP contribution in [0.4, 0.5) is 0 Å². The number of benzene rings is 1. The summed E-state index contributed by atoms with van der Waals surface area (Å²) in [5.74, 6) is 0.798. The largest absolute Gasteiger partial charge is 0.306 e. The lowest BCUT2D eigenvalue weighted by atomic mass is 9.80. The molecule has 3 rings (SSSR count). The van der Waals surface area contributed by atoms with Gasteiger partial charge in [0.2, 0.25) is 0 Å². The second-order valence-electron chi connectivity index (χ2n) is 5.81. The zero-order chi connectivity index (χ0) is 14.7. The monoisotopic (exact) mass is 319 g/mol. The Bertz CT molecular complexity index is 571. The van der Waals surface area contributed by atoms with E-state index in [2.05, 4.69) is 41.9 Å². The van der Waals surface area contributed by atoms with Crippen LogP contribution in [0, 0.1) is 0 Å². The number of halogens is 1. The van der Waals surface area contributed by atoms with Gasteiger partial charge in [0.15, 0.2) is 0 Å². The van der Waals surface area contributed by atoms with Crippen LogP contribution in [-0.2, 0) is 0 Å². The first-order chi connectivity index (χ1) is 10.3. The molecule has 1 aromatic carbocycles. The molecular formula is C18H22ClNS. The van der Waals surface area contributed by atoms with Crippen LogP contribution in [0.25, 0.3) is 0 Å². The Morgan fingerprint density at radius 1 is 1.24 bits per heavy atom. The molecule has 0 bridgehead atoms. The third-order valence-corrected chi connectivity index (χ3v) is 5.78. The molecule has 1 aromatic heterocycles. The molecule has 2 aromatic rings. The Balaban J connectivity index is 1.83. The average molecular weight is 320 g/mol. The van der Waals surface area contributed by atoms with Gasteiger partial charge in [0.25, 0.3) is 0 Å². The fraction of sp³-hybridized carbons (Fsp3) is 0.444. The van der Waals surface area contributed by atoms with Gasteiger partial charge in [-0.3, -0.25) is 0 Å². The van der Waals surface area contributed by atoms with Crippen molar-refractivity contribution in [3.05, 3.63) is 56.7 Å². The summed E-state index contributed by atoms with van der Waals surface area (Å²) < 4.78 is 0. The van der Waals surface area contributed by atoms with Gasteiger partial charge in [-0.05, 0) is 54.3 Å². The molecule has 1 atom stereocenters. The van der Waals surface area contributed by atoms with Crippen molar-refractivity contribution in [2.45, 2.75) is 44.6 Å². The maximum atomic E-state index is 6.35. The van der Waals surface area contributed by atoms with Crippen molar-refractivity contribution in [1.29, 1.82) is 0 Å². The Kier molecular flexibility index (Phi) is 4.99. The minimum Gasteiger partial charge on any atom is -0.306 e. The van der Waals surface area contributed by atoms with Crippen LogP contribution in [0.2, 0.25) is 5.02 Å². The van der Waals surface area contributed by atoms with Gasteiger partial charge in [0, 0.05) is 4.88 Å². The molecule has 1 saturated carbocycles. The maximum absolute atomic E-state index is 6.35. The summed E-state index contributed by atoms with van der Waals surface area (Å²) in [7, 11) is 0. The highest BCUT2D eigenvalue weighted by molar-refractivity contribution is 7.10. The second-order valence-corrected chi connectivity index (χ2v) is 7.17. The first-order valence-corrected chi connectivity index (χ1v) is 9.11. The van der Waals surface area contributed by atoms with Crippen LogP contribution >= 0.6 is 22.9 Å². The molecule has 112 valence electrons. The van der Waals surface area contributed by atoms with E-state index >= 15 is 0 Å². The highest BCUT2D eigenvalue weighted by atomic mass is 35.5. The third-order valence-electron chi connectivity index (χ3n) is 4.35. The highest BCUT2D eigenvalue weighted by Crippen LogP contribution is 2.38. The first-order valence-electron chi connectivity index (χ1n) is 7.85. The smallest absolute Gasteiger partial charge is 0.0686 e. The lowest BCUT2D eigenvalue weighted by Crippen LogP contribution is -2.22. The van der Waals surface area contributed by atoms with Gasteiger partial charge in [-0.1, -0.05) is 49.2 Å². The van der Waals surface area contributed by atoms with E-state index in [9.17, 15) is 0 Å². The minimum absolute atomic E-state index is 0.216. The van der Waals surface area contributed by atoms with Gasteiger partial charge in [0.1, 0.15) is 0 Å². The van der Waals surface area contributed by atoms with E-state index in [1.54, 1.807) is 11.3 Å². The van der Waals surface area contributed by atoms with Crippen molar-refractivity contribution < 1.29 is 0 Å². The van der Waals surface area contributed by atoms with Crippen molar-refractivity contribution in [3.63, 3.8) is 0 Å². The summed E-state index contributed by atoms with van der Waals surface area (Å²) in [5, 5.41) is 6.57. The van der Waals surface area contributed by atoms with E-state index in [0.717, 1.165) is 23.9 Å². The number of rotatable bonds is 6. The molecule has 1 aliphatic rings. The van der Waals surface area contributed by atoms with Crippen LogP contribution in [0.5, 0.6) is 0 Å². The molecule has 1 fully saturated rings. The van der Waals surface area contributed by atoms with Gasteiger partial charge in [-0.25, -0.2) is 0 Å². The van der Waals surface area contributed by atoms with Crippen LogP contribution < -0.4 is 5.32 Å². The molecule has 0 saturated heterocycles. The first kappa shape index (κ1) is 15.1. The summed E-state index contributed by atoms with van der Waals surface area (Å²) >= 11 is 8.08. The van der Waals surface area contributed by atoms with Gasteiger partial charge in [-0.2, -0.15) is 0 Å². The molecule has 0 radical (unpaired) electrons. The van der Waals surface area contributed by atoms with Crippen molar-refractivity contribution in [2.75, 3.05) is 6.54 Å². The van der Waals surface area contributed by atoms with Crippen molar-refractivity contribution >= 4 is 22.9 Å². The van der Waals surface area contributed by atoms with Crippen LogP contribution in [-0.4, -0.2) is 6.54 Å². The second kappa shape index (κ2) is 6.95. The predicted octanol–water partition coefficient (Wildman–Crippen LogP) is 5.76. The van der Waals surface area contributed by atoms with E-state index in [0.29, 0.717) is 0 Å². The summed E-state index contributed by atoms with van der Waals surface area (Å²) in [6, 6.07) is 11.4. The van der Waals surface area contributed by atoms with Gasteiger partial charge >= 0.3 is 0 Å². The summed E-state index contributed by atoms with van der Waals surface area (Å²) in [5.41, 5.74) is 2.81. The molecular weight excluding hydrogens is 298 g/mol. The number of nitrogens with one attached hydrogen (secondary N) is 1. The standard InChI is InChI=1S/C18H22ClNS/c1-2-11-20-17(18-16(19)10-12-21-18)15-8-6-14(7-9-15)13-4-3-5-13/h6-10,12-13,17,20H,2-5,11H2,1H3. The fourth-order valence-corrected chi connectivity index (χ4v) is 4.13. The lowest BCUT2D eigenvalue weighted by molar-refractivity contribution is 0.419. The molecule has 1 heterocycles. The van der Waals surface area contributed by atoms with Gasteiger partial charge in [0.05, 0.1) is 11.1 Å². The predicted molar refractivity (Wildman–Crippen MR) is 92.5 cm³/mol. The molecule has 1 aliphatic carbocycles. The molecule has 0 amide bonds. The highest BCUT2D eigenvalue weighted by Gasteiger charge is 2.21. The normalized spacial score (nSPS) is 16.7. The topological polar surface area (TPSA) is 12.0 Å². The average Bonchev–Trinajstić information content (AvgIpc) is 2.85. The Morgan fingerprint density at radius 3 is 2.52 bits per heavy atom. The Hall–Kier alpha value is -0.830. The SMILES string of the molecule is CCCNC(c1ccc(C2CCC2)cc1)c1sccc1Cl. The zero-order valence-electron chi connectivity index (χ0n) is 12.4. The Labute approximate surface area is 136 Å². The van der Waals surface area contributed by atoms with Crippen LogP contribution in [0.15, 0.2) is 35.7 Å². The summed E-state index contributed by atoms with van der Waals surface area (Å²) in [6.45, 7) is 3.20. The van der Waals surface area contributed by atoms with Crippen LogP contribution in [0.1, 0.15) is 60.6 Å². The van der Waals surface area contributed by atoms with E-state index in [1.165, 1.54) is 35.3 Å². The van der Waals surface area contributed by atoms with E-state index in [1.807, 2.05) is 6.07 Å². The Morgan fingerprint density at radius 2 is 2.00 bits per heavy atom. The fourth-order valence-electron chi connectivity index (χ4n) is 2.86. The van der Waals surface area contributed by atoms with E-state index in [4.69, 9.17) is 11.6 Å². The molecule has 1 nitrogen and oxygen atoms in total. The summed E-state index contributed by atoms with van der Waals surface area (Å²) in [4.78, 5) is 1.22. The summed E-state index contributed by atoms with van der Waals surface area (Å²) in [6.07, 6.45) is 5.22. The number of thiophene rings is 1. The van der Waals surface area contributed by atoms with E-state index in [-0.39, 0.29) is 6.04 Å². The molecule has 1 N–H and O–H groups in total. The maximum Gasteiger partial charge on any atom is 0.0686 e. The lowest BCUT2D eigenvalue weighted by Gasteiger charge is -2.26. The number of hydrogen-bond acceptors (Lipinski definition) is 2. The molecule has 21 heavy (non-hydrogen) atoms. The van der Waals surface area contributed by atoms with E-state index < -0.39 is 0 Å². The van der Waals surface area contributed by atoms with Gasteiger partial charge < -0.3 is 5.32 Å². The molecule has 1 unspecified atom stereocenters. The molecule has 3 heteroatoms. The quantitative estimate of drug-likeness (QED) is 0.714. The van der Waals surface area contributed by atoms with Gasteiger partial charge in [-0.15, -0.1) is 11.3 Å². The van der Waals surface area contributed by atoms with Crippen molar-refractivity contribution in [3.8, 4) is 0 Å². The molecule has 0 aliphatic heterocycles. The number of hydrogen-bond donors (Lipinski definition) is 1. The van der Waals surface area contributed by atoms with Crippen LogP contribution in [0.3, 0.4) is 0 Å². The van der Waals surface area contributed by atoms with Crippen molar-refractivity contribution in [1.82, 2.24) is 5.32 Å². The zero-order valence-corrected chi connectivity index (χ0v) is 14.0. The third kappa shape index (κ3) is 3.33. The minimum atomic E-state index is 0.216.